The highest BCUT2D eigenvalue weighted by atomic mass is 19.1. The number of hydrogen-bond donors (Lipinski definition) is 2. The van der Waals surface area contributed by atoms with Crippen molar-refractivity contribution >= 4 is 17.5 Å². The fourth-order valence-corrected chi connectivity index (χ4v) is 3.07. The topological polar surface area (TPSA) is 81.1 Å². The summed E-state index contributed by atoms with van der Waals surface area (Å²) in [6.07, 6.45) is 3.28. The van der Waals surface area contributed by atoms with E-state index < -0.39 is 6.03 Å². The van der Waals surface area contributed by atoms with Crippen LogP contribution in [0, 0.1) is 5.82 Å². The zero-order valence-corrected chi connectivity index (χ0v) is 18.5. The van der Waals surface area contributed by atoms with E-state index in [1.165, 1.54) is 12.1 Å². The van der Waals surface area contributed by atoms with Crippen molar-refractivity contribution in [2.24, 2.45) is 0 Å². The smallest absolute Gasteiger partial charge is 0.324 e. The molecule has 2 aromatic carbocycles. The summed E-state index contributed by atoms with van der Waals surface area (Å²) in [5.74, 6) is 1.34. The second kappa shape index (κ2) is 9.12. The largest absolute Gasteiger partial charge is 0.457 e. The number of pyridine rings is 1. The Bertz CT molecular complexity index is 1250. The van der Waals surface area contributed by atoms with Crippen LogP contribution in [-0.2, 0) is 5.41 Å². The number of carbonyl (C=O) groups is 1. The molecule has 4 rings (SSSR count). The Kier molecular flexibility index (Phi) is 6.08. The number of nitrogens with one attached hydrogen (secondary N) is 2. The first-order valence-electron chi connectivity index (χ1n) is 10.4. The number of benzene rings is 2. The summed E-state index contributed by atoms with van der Waals surface area (Å²) in [5, 5.41) is 10.3. The monoisotopic (exact) mass is 445 g/mol. The van der Waals surface area contributed by atoms with Gasteiger partial charge in [0.25, 0.3) is 0 Å². The molecule has 33 heavy (non-hydrogen) atoms. The number of carbonyl (C=O) groups excluding carboxylic acids is 1. The normalized spacial score (nSPS) is 11.2. The molecule has 0 radical (unpaired) electrons. The zero-order chi connectivity index (χ0) is 23.4. The minimum absolute atomic E-state index is 0.239. The lowest BCUT2D eigenvalue weighted by Gasteiger charge is -2.14. The number of halogens is 1. The SMILES string of the molecule is CC(C)(C)c1cc(NC(=O)Nc2cccc(Oc3ccncc3)c2)n(-c2ccc(F)cc2)n1. The molecule has 0 saturated carbocycles. The van der Waals surface area contributed by atoms with Crippen molar-refractivity contribution in [1.29, 1.82) is 0 Å². The molecule has 0 fully saturated rings. The van der Waals surface area contributed by atoms with Crippen molar-refractivity contribution in [1.82, 2.24) is 14.8 Å². The number of amides is 2. The average Bonchev–Trinajstić information content (AvgIpc) is 3.19. The van der Waals surface area contributed by atoms with Crippen molar-refractivity contribution in [3.63, 3.8) is 0 Å². The van der Waals surface area contributed by atoms with Crippen LogP contribution < -0.4 is 15.4 Å². The Morgan fingerprint density at radius 2 is 1.67 bits per heavy atom. The maximum atomic E-state index is 13.4. The number of aromatic nitrogens is 3. The predicted octanol–water partition coefficient (Wildman–Crippen LogP) is 6.14. The predicted molar refractivity (Wildman–Crippen MR) is 126 cm³/mol. The third kappa shape index (κ3) is 5.54. The Balaban J connectivity index is 1.53. The maximum absolute atomic E-state index is 13.4. The van der Waals surface area contributed by atoms with Gasteiger partial charge in [-0.1, -0.05) is 26.8 Å². The molecule has 2 amide bonds. The summed E-state index contributed by atoms with van der Waals surface area (Å²) in [5.41, 5.74) is 1.74. The van der Waals surface area contributed by atoms with Crippen molar-refractivity contribution in [2.45, 2.75) is 26.2 Å². The molecule has 0 bridgehead atoms. The first kappa shape index (κ1) is 22.0. The third-order valence-corrected chi connectivity index (χ3v) is 4.77. The van der Waals surface area contributed by atoms with E-state index in [9.17, 15) is 9.18 Å². The Labute approximate surface area is 191 Å². The second-order valence-electron chi connectivity index (χ2n) is 8.44. The van der Waals surface area contributed by atoms with Crippen LogP contribution in [0.1, 0.15) is 26.5 Å². The molecule has 4 aromatic rings. The van der Waals surface area contributed by atoms with Gasteiger partial charge in [0, 0.05) is 35.6 Å². The summed E-state index contributed by atoms with van der Waals surface area (Å²) < 4.78 is 20.8. The molecule has 7 nitrogen and oxygen atoms in total. The minimum Gasteiger partial charge on any atom is -0.457 e. The summed E-state index contributed by atoms with van der Waals surface area (Å²) in [7, 11) is 0. The van der Waals surface area contributed by atoms with E-state index >= 15 is 0 Å². The van der Waals surface area contributed by atoms with E-state index in [0.717, 1.165) is 5.69 Å². The van der Waals surface area contributed by atoms with Gasteiger partial charge in [0.2, 0.25) is 0 Å². The van der Waals surface area contributed by atoms with Gasteiger partial charge in [-0.25, -0.2) is 13.9 Å². The van der Waals surface area contributed by atoms with E-state index in [1.807, 2.05) is 26.8 Å². The number of hydrogen-bond acceptors (Lipinski definition) is 4. The highest BCUT2D eigenvalue weighted by molar-refractivity contribution is 5.99. The lowest BCUT2D eigenvalue weighted by Crippen LogP contribution is -2.21. The highest BCUT2D eigenvalue weighted by Gasteiger charge is 2.21. The summed E-state index contributed by atoms with van der Waals surface area (Å²) >= 11 is 0. The molecular weight excluding hydrogens is 421 g/mol. The van der Waals surface area contributed by atoms with Crippen LogP contribution in [0.4, 0.5) is 20.7 Å². The van der Waals surface area contributed by atoms with Crippen molar-refractivity contribution < 1.29 is 13.9 Å². The number of ether oxygens (including phenoxy) is 1. The molecule has 0 aliphatic heterocycles. The molecule has 0 saturated heterocycles. The number of urea groups is 1. The Morgan fingerprint density at radius 1 is 0.939 bits per heavy atom. The van der Waals surface area contributed by atoms with Gasteiger partial charge in [-0.2, -0.15) is 5.10 Å². The molecule has 0 aliphatic carbocycles. The van der Waals surface area contributed by atoms with Gasteiger partial charge in [-0.3, -0.25) is 10.3 Å². The van der Waals surface area contributed by atoms with E-state index in [4.69, 9.17) is 4.74 Å². The highest BCUT2D eigenvalue weighted by Crippen LogP contribution is 2.27. The van der Waals surface area contributed by atoms with Gasteiger partial charge in [-0.15, -0.1) is 0 Å². The summed E-state index contributed by atoms with van der Waals surface area (Å²) in [6.45, 7) is 6.09. The molecule has 2 aromatic heterocycles. The lowest BCUT2D eigenvalue weighted by molar-refractivity contribution is 0.262. The third-order valence-electron chi connectivity index (χ3n) is 4.77. The van der Waals surface area contributed by atoms with E-state index in [1.54, 1.807) is 65.6 Å². The van der Waals surface area contributed by atoms with Gasteiger partial charge in [0.05, 0.1) is 11.4 Å². The van der Waals surface area contributed by atoms with E-state index in [2.05, 4.69) is 20.7 Å². The lowest BCUT2D eigenvalue weighted by atomic mass is 9.92. The van der Waals surface area contributed by atoms with Crippen LogP contribution in [0.2, 0.25) is 0 Å². The van der Waals surface area contributed by atoms with E-state index in [0.29, 0.717) is 28.7 Å². The summed E-state index contributed by atoms with van der Waals surface area (Å²) in [4.78, 5) is 16.7. The molecule has 0 unspecified atom stereocenters. The summed E-state index contributed by atoms with van der Waals surface area (Å²) in [6, 6.07) is 17.8. The fourth-order valence-electron chi connectivity index (χ4n) is 3.07. The molecule has 8 heteroatoms. The number of nitrogens with zero attached hydrogens (tertiary/aromatic N) is 3. The van der Waals surface area contributed by atoms with Crippen LogP contribution in [0.5, 0.6) is 11.5 Å². The molecular formula is C25H24FN5O2. The number of rotatable bonds is 5. The van der Waals surface area contributed by atoms with Crippen LogP contribution in [0.3, 0.4) is 0 Å². The first-order valence-corrected chi connectivity index (χ1v) is 10.4. The second-order valence-corrected chi connectivity index (χ2v) is 8.44. The van der Waals surface area contributed by atoms with Gasteiger partial charge in [-0.05, 0) is 48.5 Å². The van der Waals surface area contributed by atoms with Crippen LogP contribution >= 0.6 is 0 Å². The zero-order valence-electron chi connectivity index (χ0n) is 18.5. The van der Waals surface area contributed by atoms with Crippen LogP contribution in [0.25, 0.3) is 5.69 Å². The fraction of sp³-hybridized carbons (Fsp3) is 0.160. The average molecular weight is 445 g/mol. The quantitative estimate of drug-likeness (QED) is 0.387. The maximum Gasteiger partial charge on any atom is 0.324 e. The van der Waals surface area contributed by atoms with Gasteiger partial charge in [0.15, 0.2) is 0 Å². The molecule has 168 valence electrons. The van der Waals surface area contributed by atoms with Crippen molar-refractivity contribution in [2.75, 3.05) is 10.6 Å². The van der Waals surface area contributed by atoms with Crippen LogP contribution in [-0.4, -0.2) is 20.8 Å². The molecule has 0 spiro atoms. The number of anilines is 2. The Morgan fingerprint density at radius 3 is 2.36 bits per heavy atom. The van der Waals surface area contributed by atoms with Gasteiger partial charge >= 0.3 is 6.03 Å². The van der Waals surface area contributed by atoms with E-state index in [-0.39, 0.29) is 11.2 Å². The molecule has 0 aliphatic rings. The molecule has 0 atom stereocenters. The Hall–Kier alpha value is -4.20. The molecule has 2 heterocycles. The van der Waals surface area contributed by atoms with Gasteiger partial charge < -0.3 is 10.1 Å². The van der Waals surface area contributed by atoms with Crippen molar-refractivity contribution in [3.05, 3.63) is 90.6 Å². The van der Waals surface area contributed by atoms with Crippen molar-refractivity contribution in [3.8, 4) is 17.2 Å². The van der Waals surface area contributed by atoms with Gasteiger partial charge in [0.1, 0.15) is 23.1 Å². The standard InChI is InChI=1S/C25H24FN5O2/c1-25(2,3)22-16-23(31(30-22)19-9-7-17(26)8-10-19)29-24(32)28-18-5-4-6-21(15-18)33-20-11-13-27-14-12-20/h4-16H,1-3H3,(H2,28,29,32). The first-order chi connectivity index (χ1) is 15.8. The minimum atomic E-state index is -0.445. The van der Waals surface area contributed by atoms with Crippen LogP contribution in [0.15, 0.2) is 79.1 Å². The molecule has 2 N–H and O–H groups in total.